The Hall–Kier alpha value is -3.11. The third-order valence-electron chi connectivity index (χ3n) is 5.79. The van der Waals surface area contributed by atoms with Crippen molar-refractivity contribution >= 4 is 29.0 Å². The molecule has 3 heterocycles. The molecule has 182 valence electrons. The van der Waals surface area contributed by atoms with E-state index >= 15 is 0 Å². The highest BCUT2D eigenvalue weighted by molar-refractivity contribution is 6.33. The van der Waals surface area contributed by atoms with Gasteiger partial charge in [-0.3, -0.25) is 4.79 Å². The van der Waals surface area contributed by atoms with E-state index in [9.17, 15) is 18.0 Å². The standard InChI is InChI=1S/C21H23ClN4O.C2HF3O2/c22-18-7-4-10-26-20(18)13-19(24-26)21(27)25-11-8-16(9-12-25)17(14-23)15-5-2-1-3-6-15;3-2(4,5)1(6)7/h1-7,10,13,16-17H,8-9,11-12,14,23H2;(H,6,7). The van der Waals surface area contributed by atoms with Gasteiger partial charge in [-0.05, 0) is 55.0 Å². The van der Waals surface area contributed by atoms with Crippen molar-refractivity contribution in [1.29, 1.82) is 0 Å². The fraction of sp³-hybridized carbons (Fsp3) is 0.348. The van der Waals surface area contributed by atoms with Gasteiger partial charge in [0.05, 0.1) is 10.5 Å². The molecule has 7 nitrogen and oxygen atoms in total. The number of carbonyl (C=O) groups excluding carboxylic acids is 1. The summed E-state index contributed by atoms with van der Waals surface area (Å²) in [7, 11) is 0. The normalized spacial score (nSPS) is 15.5. The molecular weight excluding hydrogens is 473 g/mol. The minimum atomic E-state index is -5.08. The van der Waals surface area contributed by atoms with Crippen molar-refractivity contribution in [3.05, 3.63) is 71.0 Å². The summed E-state index contributed by atoms with van der Waals surface area (Å²) in [6, 6.07) is 15.8. The lowest BCUT2D eigenvalue weighted by Crippen LogP contribution is -2.40. The first-order chi connectivity index (χ1) is 16.1. The van der Waals surface area contributed by atoms with Gasteiger partial charge in [-0.15, -0.1) is 0 Å². The molecule has 0 radical (unpaired) electrons. The van der Waals surface area contributed by atoms with Crippen molar-refractivity contribution in [3.8, 4) is 0 Å². The van der Waals surface area contributed by atoms with Gasteiger partial charge in [-0.2, -0.15) is 18.3 Å². The Labute approximate surface area is 198 Å². The van der Waals surface area contributed by atoms with Crippen LogP contribution in [-0.4, -0.2) is 57.3 Å². The number of hydrogen-bond acceptors (Lipinski definition) is 4. The number of carboxylic acids is 1. The quantitative estimate of drug-likeness (QED) is 0.563. The first kappa shape index (κ1) is 25.5. The summed E-state index contributed by atoms with van der Waals surface area (Å²) in [5.41, 5.74) is 8.56. The number of piperidine rings is 1. The predicted molar refractivity (Wildman–Crippen MR) is 121 cm³/mol. The molecule has 1 atom stereocenters. The summed E-state index contributed by atoms with van der Waals surface area (Å²) in [5, 5.41) is 12.1. The molecule has 1 fully saturated rings. The zero-order valence-electron chi connectivity index (χ0n) is 18.1. The first-order valence-corrected chi connectivity index (χ1v) is 11.0. The lowest BCUT2D eigenvalue weighted by molar-refractivity contribution is -0.192. The smallest absolute Gasteiger partial charge is 0.475 e. The summed E-state index contributed by atoms with van der Waals surface area (Å²) in [6.07, 6.45) is -1.37. The van der Waals surface area contributed by atoms with Gasteiger partial charge in [0, 0.05) is 19.3 Å². The number of alkyl halides is 3. The van der Waals surface area contributed by atoms with Crippen LogP contribution in [0.15, 0.2) is 54.7 Å². The average molecular weight is 497 g/mol. The number of halogens is 4. The van der Waals surface area contributed by atoms with Crippen LogP contribution in [0, 0.1) is 5.92 Å². The Bertz CT molecular complexity index is 1130. The van der Waals surface area contributed by atoms with Crippen LogP contribution in [0.5, 0.6) is 0 Å². The molecule has 0 aliphatic carbocycles. The molecule has 1 unspecified atom stereocenters. The zero-order chi connectivity index (χ0) is 24.9. The van der Waals surface area contributed by atoms with Crippen molar-refractivity contribution in [3.63, 3.8) is 0 Å². The lowest BCUT2D eigenvalue weighted by atomic mass is 9.80. The topological polar surface area (TPSA) is 101 Å². The van der Waals surface area contributed by atoms with Crippen LogP contribution in [0.4, 0.5) is 13.2 Å². The van der Waals surface area contributed by atoms with Crippen molar-refractivity contribution < 1.29 is 27.9 Å². The van der Waals surface area contributed by atoms with E-state index in [0.29, 0.717) is 29.1 Å². The number of rotatable bonds is 4. The molecule has 0 bridgehead atoms. The largest absolute Gasteiger partial charge is 0.490 e. The van der Waals surface area contributed by atoms with Gasteiger partial charge >= 0.3 is 12.1 Å². The van der Waals surface area contributed by atoms with Crippen LogP contribution in [0.2, 0.25) is 5.02 Å². The van der Waals surface area contributed by atoms with E-state index in [1.807, 2.05) is 17.0 Å². The fourth-order valence-electron chi connectivity index (χ4n) is 4.05. The molecule has 1 aliphatic heterocycles. The van der Waals surface area contributed by atoms with Crippen molar-refractivity contribution in [1.82, 2.24) is 14.5 Å². The second-order valence-corrected chi connectivity index (χ2v) is 8.31. The van der Waals surface area contributed by atoms with Crippen LogP contribution < -0.4 is 5.73 Å². The Morgan fingerprint density at radius 2 is 1.76 bits per heavy atom. The third-order valence-corrected chi connectivity index (χ3v) is 6.11. The summed E-state index contributed by atoms with van der Waals surface area (Å²) in [6.45, 7) is 2.09. The van der Waals surface area contributed by atoms with Crippen LogP contribution in [0.25, 0.3) is 5.52 Å². The van der Waals surface area contributed by atoms with E-state index in [-0.39, 0.29) is 5.91 Å². The van der Waals surface area contributed by atoms with Crippen LogP contribution in [-0.2, 0) is 4.79 Å². The number of pyridine rings is 1. The molecule has 2 aromatic heterocycles. The van der Waals surface area contributed by atoms with E-state index in [4.69, 9.17) is 27.2 Å². The molecule has 11 heteroatoms. The Morgan fingerprint density at radius 1 is 1.15 bits per heavy atom. The maximum absolute atomic E-state index is 12.9. The number of nitrogens with two attached hydrogens (primary N) is 1. The Balaban J connectivity index is 0.000000406. The fourth-order valence-corrected chi connectivity index (χ4v) is 4.27. The molecule has 3 N–H and O–H groups in total. The number of aromatic nitrogens is 2. The molecule has 3 aromatic rings. The molecule has 34 heavy (non-hydrogen) atoms. The molecule has 1 aliphatic rings. The van der Waals surface area contributed by atoms with E-state index in [1.54, 1.807) is 22.8 Å². The maximum Gasteiger partial charge on any atom is 0.490 e. The van der Waals surface area contributed by atoms with Gasteiger partial charge in [0.15, 0.2) is 5.69 Å². The Morgan fingerprint density at radius 3 is 2.29 bits per heavy atom. The summed E-state index contributed by atoms with van der Waals surface area (Å²) in [4.78, 5) is 23.7. The van der Waals surface area contributed by atoms with E-state index in [2.05, 4.69) is 29.4 Å². The number of hydrogen-bond donors (Lipinski definition) is 2. The summed E-state index contributed by atoms with van der Waals surface area (Å²) in [5.74, 6) is -1.95. The molecule has 0 spiro atoms. The number of carboxylic acid groups (broad SMARTS) is 1. The van der Waals surface area contributed by atoms with Crippen LogP contribution in [0.3, 0.4) is 0 Å². The monoisotopic (exact) mass is 496 g/mol. The first-order valence-electron chi connectivity index (χ1n) is 10.6. The lowest BCUT2D eigenvalue weighted by Gasteiger charge is -2.35. The number of aliphatic carboxylic acids is 1. The third kappa shape index (κ3) is 6.06. The molecule has 1 amide bonds. The maximum atomic E-state index is 12.9. The molecule has 0 saturated carbocycles. The van der Waals surface area contributed by atoms with Crippen molar-refractivity contribution in [2.45, 2.75) is 24.9 Å². The minimum absolute atomic E-state index is 0.0303. The summed E-state index contributed by atoms with van der Waals surface area (Å²) >= 11 is 6.19. The number of fused-ring (bicyclic) bond motifs is 1. The average Bonchev–Trinajstić information content (AvgIpc) is 3.26. The predicted octanol–water partition coefficient (Wildman–Crippen LogP) is 4.22. The molecule has 1 aromatic carbocycles. The zero-order valence-corrected chi connectivity index (χ0v) is 18.8. The van der Waals surface area contributed by atoms with Crippen LogP contribution in [0.1, 0.15) is 34.8 Å². The number of likely N-dealkylation sites (tertiary alicyclic amines) is 1. The van der Waals surface area contributed by atoms with Gasteiger partial charge in [-0.1, -0.05) is 41.9 Å². The van der Waals surface area contributed by atoms with Crippen molar-refractivity contribution in [2.24, 2.45) is 11.7 Å². The number of amides is 1. The van der Waals surface area contributed by atoms with Gasteiger partial charge in [0.2, 0.25) is 0 Å². The number of benzene rings is 1. The molecule has 1 saturated heterocycles. The Kier molecular flexibility index (Phi) is 8.16. The SMILES string of the molecule is NCC(c1ccccc1)C1CCN(C(=O)c2cc3c(Cl)cccn3n2)CC1.O=C(O)C(F)(F)F. The number of nitrogens with zero attached hydrogens (tertiary/aromatic N) is 3. The van der Waals surface area contributed by atoms with Gasteiger partial charge in [0.1, 0.15) is 0 Å². The van der Waals surface area contributed by atoms with Gasteiger partial charge in [0.25, 0.3) is 5.91 Å². The highest BCUT2D eigenvalue weighted by atomic mass is 35.5. The molecular formula is C23H24ClF3N4O3. The van der Waals surface area contributed by atoms with Gasteiger partial charge < -0.3 is 15.7 Å². The van der Waals surface area contributed by atoms with Crippen LogP contribution >= 0.6 is 11.6 Å². The highest BCUT2D eigenvalue weighted by Gasteiger charge is 2.38. The second-order valence-electron chi connectivity index (χ2n) is 7.90. The molecule has 4 rings (SSSR count). The van der Waals surface area contributed by atoms with E-state index in [1.165, 1.54) is 5.56 Å². The second kappa shape index (κ2) is 10.9. The van der Waals surface area contributed by atoms with Gasteiger partial charge in [-0.25, -0.2) is 9.31 Å². The number of carbonyl (C=O) groups is 2. The highest BCUT2D eigenvalue weighted by Crippen LogP contribution is 2.32. The van der Waals surface area contributed by atoms with E-state index in [0.717, 1.165) is 31.4 Å². The van der Waals surface area contributed by atoms with E-state index < -0.39 is 12.1 Å². The minimum Gasteiger partial charge on any atom is -0.475 e. The summed E-state index contributed by atoms with van der Waals surface area (Å²) < 4.78 is 33.4. The van der Waals surface area contributed by atoms with Crippen molar-refractivity contribution in [2.75, 3.05) is 19.6 Å².